The van der Waals surface area contributed by atoms with E-state index < -0.39 is 11.5 Å². The number of nitrogens with zero attached hydrogens (tertiary/aromatic N) is 1. The van der Waals surface area contributed by atoms with E-state index in [1.165, 1.54) is 0 Å². The maximum absolute atomic E-state index is 12.5. The first-order valence-electron chi connectivity index (χ1n) is 7.97. The third kappa shape index (κ3) is 2.78. The number of benzene rings is 2. The number of carbonyl (C=O) groups is 1. The van der Waals surface area contributed by atoms with Gasteiger partial charge < -0.3 is 14.7 Å². The minimum absolute atomic E-state index is 0.0299. The zero-order chi connectivity index (χ0) is 17.4. The Morgan fingerprint density at radius 3 is 2.88 bits per heavy atom. The molecular weight excluding hydrogens is 318 g/mol. The van der Waals surface area contributed by atoms with Gasteiger partial charge in [0.2, 0.25) is 0 Å². The number of hydrogen-bond donors (Lipinski definition) is 2. The molecule has 1 amide bonds. The van der Waals surface area contributed by atoms with Gasteiger partial charge in [-0.25, -0.2) is 9.78 Å². The number of hydrogen-bond acceptors (Lipinski definition) is 4. The van der Waals surface area contributed by atoms with E-state index in [0.717, 1.165) is 23.3 Å². The van der Waals surface area contributed by atoms with Crippen molar-refractivity contribution >= 4 is 33.6 Å². The van der Waals surface area contributed by atoms with Gasteiger partial charge in [-0.3, -0.25) is 4.79 Å². The Bertz CT molecular complexity index is 1160. The minimum atomic E-state index is -0.660. The molecule has 0 spiro atoms. The Labute approximate surface area is 142 Å². The molecule has 2 heterocycles. The minimum Gasteiger partial charge on any atom is -0.422 e. The molecule has 25 heavy (non-hydrogen) atoms. The second-order valence-corrected chi connectivity index (χ2v) is 5.71. The van der Waals surface area contributed by atoms with Crippen LogP contribution in [0.1, 0.15) is 23.1 Å². The van der Waals surface area contributed by atoms with Crippen LogP contribution in [-0.2, 0) is 6.42 Å². The molecule has 2 aromatic heterocycles. The molecular formula is C19H15N3O3. The maximum atomic E-state index is 12.5. The molecule has 6 nitrogen and oxygen atoms in total. The van der Waals surface area contributed by atoms with E-state index in [2.05, 4.69) is 15.3 Å². The lowest BCUT2D eigenvalue weighted by molar-refractivity contribution is 0.102. The van der Waals surface area contributed by atoms with Gasteiger partial charge in [0.05, 0.1) is 11.0 Å². The van der Waals surface area contributed by atoms with Crippen LogP contribution in [0.3, 0.4) is 0 Å². The van der Waals surface area contributed by atoms with Gasteiger partial charge in [0.25, 0.3) is 5.91 Å². The number of rotatable bonds is 3. The fraction of sp³-hybridized carbons (Fsp3) is 0.105. The Balaban J connectivity index is 1.67. The summed E-state index contributed by atoms with van der Waals surface area (Å²) in [5.74, 6) is 0.378. The molecule has 4 rings (SSSR count). The Hall–Kier alpha value is -3.41. The first kappa shape index (κ1) is 15.1. The van der Waals surface area contributed by atoms with E-state index in [-0.39, 0.29) is 5.56 Å². The third-order valence-corrected chi connectivity index (χ3v) is 4.01. The third-order valence-electron chi connectivity index (χ3n) is 4.01. The highest BCUT2D eigenvalue weighted by molar-refractivity contribution is 6.06. The molecule has 0 aliphatic rings. The van der Waals surface area contributed by atoms with Crippen LogP contribution in [0, 0.1) is 0 Å². The van der Waals surface area contributed by atoms with Crippen molar-refractivity contribution in [3.05, 3.63) is 70.3 Å². The maximum Gasteiger partial charge on any atom is 0.349 e. The number of imidazole rings is 1. The van der Waals surface area contributed by atoms with Crippen LogP contribution in [0.2, 0.25) is 0 Å². The van der Waals surface area contributed by atoms with Gasteiger partial charge in [0.15, 0.2) is 0 Å². The number of aryl methyl sites for hydroxylation is 1. The average Bonchev–Trinajstić information content (AvgIpc) is 3.03. The highest BCUT2D eigenvalue weighted by Crippen LogP contribution is 2.19. The van der Waals surface area contributed by atoms with Crippen molar-refractivity contribution in [1.29, 1.82) is 0 Å². The molecule has 0 unspecified atom stereocenters. The van der Waals surface area contributed by atoms with Gasteiger partial charge in [-0.15, -0.1) is 0 Å². The van der Waals surface area contributed by atoms with Crippen LogP contribution < -0.4 is 10.9 Å². The number of amides is 1. The van der Waals surface area contributed by atoms with Crippen molar-refractivity contribution in [2.45, 2.75) is 13.3 Å². The molecule has 0 aliphatic carbocycles. The monoisotopic (exact) mass is 333 g/mol. The molecule has 0 saturated carbocycles. The summed E-state index contributed by atoms with van der Waals surface area (Å²) in [5, 5.41) is 3.43. The van der Waals surface area contributed by atoms with E-state index in [0.29, 0.717) is 16.7 Å². The Morgan fingerprint density at radius 1 is 1.20 bits per heavy atom. The largest absolute Gasteiger partial charge is 0.422 e. The van der Waals surface area contributed by atoms with Crippen molar-refractivity contribution in [2.24, 2.45) is 0 Å². The van der Waals surface area contributed by atoms with Crippen molar-refractivity contribution in [1.82, 2.24) is 9.97 Å². The van der Waals surface area contributed by atoms with Gasteiger partial charge in [0, 0.05) is 17.5 Å². The highest BCUT2D eigenvalue weighted by atomic mass is 16.4. The number of para-hydroxylation sites is 1. The van der Waals surface area contributed by atoms with Crippen molar-refractivity contribution in [3.63, 3.8) is 0 Å². The summed E-state index contributed by atoms with van der Waals surface area (Å²) >= 11 is 0. The van der Waals surface area contributed by atoms with E-state index in [9.17, 15) is 9.59 Å². The van der Waals surface area contributed by atoms with Crippen LogP contribution in [0.15, 0.2) is 57.7 Å². The highest BCUT2D eigenvalue weighted by Gasteiger charge is 2.14. The molecule has 6 heteroatoms. The second-order valence-electron chi connectivity index (χ2n) is 5.71. The lowest BCUT2D eigenvalue weighted by Gasteiger charge is -2.05. The molecule has 0 atom stereocenters. The number of carbonyl (C=O) groups excluding carboxylic acids is 1. The lowest BCUT2D eigenvalue weighted by atomic mass is 10.1. The molecule has 0 aliphatic heterocycles. The summed E-state index contributed by atoms with van der Waals surface area (Å²) in [6.45, 7) is 2.01. The second kappa shape index (κ2) is 5.90. The van der Waals surface area contributed by atoms with E-state index in [1.807, 2.05) is 19.1 Å². The van der Waals surface area contributed by atoms with E-state index in [4.69, 9.17) is 4.42 Å². The summed E-state index contributed by atoms with van der Waals surface area (Å²) < 4.78 is 5.21. The van der Waals surface area contributed by atoms with E-state index >= 15 is 0 Å². The molecule has 0 bridgehead atoms. The van der Waals surface area contributed by atoms with Gasteiger partial charge in [-0.1, -0.05) is 25.1 Å². The first-order valence-corrected chi connectivity index (χ1v) is 7.97. The number of aromatic amines is 1. The molecule has 4 aromatic rings. The van der Waals surface area contributed by atoms with Crippen LogP contribution in [-0.4, -0.2) is 15.9 Å². The van der Waals surface area contributed by atoms with Gasteiger partial charge in [-0.05, 0) is 30.3 Å². The first-order chi connectivity index (χ1) is 12.1. The zero-order valence-corrected chi connectivity index (χ0v) is 13.5. The fourth-order valence-electron chi connectivity index (χ4n) is 2.73. The number of anilines is 1. The number of nitrogens with one attached hydrogen (secondary N) is 2. The lowest BCUT2D eigenvalue weighted by Crippen LogP contribution is -2.20. The van der Waals surface area contributed by atoms with Crippen molar-refractivity contribution in [3.8, 4) is 0 Å². The average molecular weight is 333 g/mol. The van der Waals surface area contributed by atoms with Crippen LogP contribution in [0.25, 0.3) is 22.0 Å². The molecule has 124 valence electrons. The normalized spacial score (nSPS) is 11.1. The van der Waals surface area contributed by atoms with Gasteiger partial charge in [-0.2, -0.15) is 0 Å². The Kier molecular flexibility index (Phi) is 3.57. The quantitative estimate of drug-likeness (QED) is 0.562. The zero-order valence-electron chi connectivity index (χ0n) is 13.5. The Morgan fingerprint density at radius 2 is 2.04 bits per heavy atom. The summed E-state index contributed by atoms with van der Waals surface area (Å²) in [5.41, 5.74) is 2.01. The summed E-state index contributed by atoms with van der Waals surface area (Å²) in [4.78, 5) is 32.2. The van der Waals surface area contributed by atoms with E-state index in [1.54, 1.807) is 36.4 Å². The standard InChI is InChI=1S/C19H15N3O3/c1-2-17-21-14-8-7-12(10-15(14)22-17)20-18(23)13-9-11-5-3-4-6-16(11)25-19(13)24/h3-10H,2H2,1H3,(H,20,23)(H,21,22). The SMILES string of the molecule is CCc1nc2ccc(NC(=O)c3cc4ccccc4oc3=O)cc2[nH]1. The molecule has 2 aromatic carbocycles. The van der Waals surface area contributed by atoms with Crippen molar-refractivity contribution in [2.75, 3.05) is 5.32 Å². The van der Waals surface area contributed by atoms with Crippen LogP contribution in [0.5, 0.6) is 0 Å². The summed E-state index contributed by atoms with van der Waals surface area (Å²) in [7, 11) is 0. The van der Waals surface area contributed by atoms with Gasteiger partial charge >= 0.3 is 5.63 Å². The predicted octanol–water partition coefficient (Wildman–Crippen LogP) is 3.48. The molecule has 0 fully saturated rings. The topological polar surface area (TPSA) is 88.0 Å². The number of fused-ring (bicyclic) bond motifs is 2. The number of aromatic nitrogens is 2. The summed E-state index contributed by atoms with van der Waals surface area (Å²) in [6, 6.07) is 14.0. The molecule has 0 radical (unpaired) electrons. The molecule has 2 N–H and O–H groups in total. The van der Waals surface area contributed by atoms with Gasteiger partial charge in [0.1, 0.15) is 17.0 Å². The molecule has 0 saturated heterocycles. The smallest absolute Gasteiger partial charge is 0.349 e. The van der Waals surface area contributed by atoms with Crippen LogP contribution >= 0.6 is 0 Å². The summed E-state index contributed by atoms with van der Waals surface area (Å²) in [6.07, 6.45) is 0.800. The van der Waals surface area contributed by atoms with Crippen LogP contribution in [0.4, 0.5) is 5.69 Å². The van der Waals surface area contributed by atoms with Crippen molar-refractivity contribution < 1.29 is 9.21 Å². The fourth-order valence-corrected chi connectivity index (χ4v) is 2.73. The number of H-pyrrole nitrogens is 1. The predicted molar refractivity (Wildman–Crippen MR) is 95.9 cm³/mol.